The van der Waals surface area contributed by atoms with Gasteiger partial charge in [-0.25, -0.2) is 4.39 Å². The molecule has 0 aliphatic heterocycles. The van der Waals surface area contributed by atoms with Crippen molar-refractivity contribution in [1.82, 2.24) is 10.3 Å². The topological polar surface area (TPSA) is 42.0 Å². The summed E-state index contributed by atoms with van der Waals surface area (Å²) < 4.78 is 13.5. The van der Waals surface area contributed by atoms with Crippen LogP contribution in [0.4, 0.5) is 4.39 Å². The second-order valence-corrected chi connectivity index (χ2v) is 4.45. The van der Waals surface area contributed by atoms with Crippen LogP contribution in [-0.2, 0) is 11.3 Å². The molecule has 0 saturated carbocycles. The Morgan fingerprint density at radius 1 is 1.30 bits per heavy atom. The lowest BCUT2D eigenvalue weighted by molar-refractivity contribution is -0.116. The number of halogens is 2. The number of pyridine rings is 1. The number of rotatable bonds is 4. The van der Waals surface area contributed by atoms with Crippen LogP contribution in [0.15, 0.2) is 48.8 Å². The smallest absolute Gasteiger partial charge is 0.244 e. The van der Waals surface area contributed by atoms with Crippen molar-refractivity contribution in [2.45, 2.75) is 6.54 Å². The average Bonchev–Trinajstić information content (AvgIpc) is 2.46. The highest BCUT2D eigenvalue weighted by Gasteiger charge is 2.03. The predicted octanol–water partition coefficient (Wildman–Crippen LogP) is 3.20. The summed E-state index contributed by atoms with van der Waals surface area (Å²) in [6, 6.07) is 7.98. The van der Waals surface area contributed by atoms with E-state index in [0.29, 0.717) is 6.54 Å². The van der Waals surface area contributed by atoms with Crippen molar-refractivity contribution in [2.75, 3.05) is 0 Å². The maximum Gasteiger partial charge on any atom is 0.244 e. The number of nitrogens with zero attached hydrogens (tertiary/aromatic N) is 1. The van der Waals surface area contributed by atoms with Gasteiger partial charge in [0, 0.05) is 30.6 Å². The van der Waals surface area contributed by atoms with Crippen LogP contribution >= 0.6 is 11.6 Å². The summed E-state index contributed by atoms with van der Waals surface area (Å²) in [5, 5.41) is 2.96. The van der Waals surface area contributed by atoms with Crippen molar-refractivity contribution in [3.8, 4) is 0 Å². The quantitative estimate of drug-likeness (QED) is 0.879. The number of carbonyl (C=O) groups excluding carboxylic acids is 1. The molecule has 0 atom stereocenters. The Bertz CT molecular complexity index is 609. The van der Waals surface area contributed by atoms with Gasteiger partial charge in [0.15, 0.2) is 0 Å². The molecule has 0 bridgehead atoms. The first-order valence-electron chi connectivity index (χ1n) is 5.95. The molecular formula is C15H12ClFN2O. The van der Waals surface area contributed by atoms with Gasteiger partial charge < -0.3 is 5.32 Å². The van der Waals surface area contributed by atoms with E-state index in [0.717, 1.165) is 5.56 Å². The summed E-state index contributed by atoms with van der Waals surface area (Å²) in [6.07, 6.45) is 5.91. The van der Waals surface area contributed by atoms with Gasteiger partial charge >= 0.3 is 0 Å². The molecule has 2 rings (SSSR count). The van der Waals surface area contributed by atoms with E-state index in [1.807, 2.05) is 0 Å². The number of aromatic nitrogens is 1. The van der Waals surface area contributed by atoms with Crippen molar-refractivity contribution in [1.29, 1.82) is 0 Å². The first kappa shape index (κ1) is 14.2. The molecule has 3 nitrogen and oxygen atoms in total. The molecule has 5 heteroatoms. The third kappa shape index (κ3) is 3.90. The number of hydrogen-bond acceptors (Lipinski definition) is 2. The lowest BCUT2D eigenvalue weighted by Crippen LogP contribution is -2.20. The summed E-state index contributed by atoms with van der Waals surface area (Å²) in [6.45, 7) is 0.386. The summed E-state index contributed by atoms with van der Waals surface area (Å²) >= 11 is 5.86. The molecule has 1 N–H and O–H groups in total. The standard InChI is InChI=1S/C15H12ClFN2O/c16-13-2-1-3-14(17)12(13)4-5-15(20)19-10-11-6-8-18-9-7-11/h1-9H,10H2,(H,19,20)/b5-4+. The normalized spacial score (nSPS) is 10.7. The van der Waals surface area contributed by atoms with Crippen molar-refractivity contribution in [2.24, 2.45) is 0 Å². The van der Waals surface area contributed by atoms with E-state index >= 15 is 0 Å². The average molecular weight is 291 g/mol. The van der Waals surface area contributed by atoms with Crippen LogP contribution in [0.25, 0.3) is 6.08 Å². The minimum atomic E-state index is -0.462. The van der Waals surface area contributed by atoms with E-state index in [1.54, 1.807) is 30.6 Å². The van der Waals surface area contributed by atoms with Gasteiger partial charge in [-0.15, -0.1) is 0 Å². The van der Waals surface area contributed by atoms with E-state index in [9.17, 15) is 9.18 Å². The zero-order chi connectivity index (χ0) is 14.4. The monoisotopic (exact) mass is 290 g/mol. The fraction of sp³-hybridized carbons (Fsp3) is 0.0667. The molecule has 0 saturated heterocycles. The molecule has 0 spiro atoms. The maximum atomic E-state index is 13.5. The van der Waals surface area contributed by atoms with Crippen LogP contribution in [-0.4, -0.2) is 10.9 Å². The lowest BCUT2D eigenvalue weighted by atomic mass is 10.2. The Kier molecular flexibility index (Phi) is 4.85. The van der Waals surface area contributed by atoms with E-state index in [1.165, 1.54) is 24.3 Å². The van der Waals surface area contributed by atoms with Crippen LogP contribution in [0, 0.1) is 5.82 Å². The highest BCUT2D eigenvalue weighted by atomic mass is 35.5. The molecule has 0 aliphatic carbocycles. The van der Waals surface area contributed by atoms with E-state index < -0.39 is 5.82 Å². The first-order chi connectivity index (χ1) is 9.66. The van der Waals surface area contributed by atoms with Crippen LogP contribution < -0.4 is 5.32 Å². The molecule has 0 unspecified atom stereocenters. The molecule has 20 heavy (non-hydrogen) atoms. The molecule has 102 valence electrons. The van der Waals surface area contributed by atoms with Gasteiger partial charge in [0.05, 0.1) is 5.02 Å². The van der Waals surface area contributed by atoms with E-state index in [4.69, 9.17) is 11.6 Å². The lowest BCUT2D eigenvalue weighted by Gasteiger charge is -2.02. The SMILES string of the molecule is O=C(/C=C/c1c(F)cccc1Cl)NCc1ccncc1. The highest BCUT2D eigenvalue weighted by Crippen LogP contribution is 2.20. The fourth-order valence-electron chi connectivity index (χ4n) is 1.58. The Labute approximate surface area is 121 Å². The van der Waals surface area contributed by atoms with Gasteiger partial charge in [0.25, 0.3) is 0 Å². The molecule has 1 aromatic carbocycles. The summed E-state index contributed by atoms with van der Waals surface area (Å²) in [5.74, 6) is -0.781. The van der Waals surface area contributed by atoms with E-state index in [2.05, 4.69) is 10.3 Å². The van der Waals surface area contributed by atoms with Crippen LogP contribution in [0.1, 0.15) is 11.1 Å². The fourth-order valence-corrected chi connectivity index (χ4v) is 1.80. The Morgan fingerprint density at radius 3 is 2.75 bits per heavy atom. The minimum Gasteiger partial charge on any atom is -0.348 e. The van der Waals surface area contributed by atoms with Gasteiger partial charge in [-0.2, -0.15) is 0 Å². The van der Waals surface area contributed by atoms with Crippen molar-refractivity contribution in [3.63, 3.8) is 0 Å². The minimum absolute atomic E-state index is 0.202. The van der Waals surface area contributed by atoms with Gasteiger partial charge in [-0.1, -0.05) is 17.7 Å². The number of amides is 1. The van der Waals surface area contributed by atoms with Gasteiger partial charge in [0.2, 0.25) is 5.91 Å². The third-order valence-electron chi connectivity index (χ3n) is 2.62. The highest BCUT2D eigenvalue weighted by molar-refractivity contribution is 6.32. The number of carbonyl (C=O) groups is 1. The first-order valence-corrected chi connectivity index (χ1v) is 6.33. The van der Waals surface area contributed by atoms with E-state index in [-0.39, 0.29) is 16.5 Å². The van der Waals surface area contributed by atoms with Gasteiger partial charge in [-0.05, 0) is 35.9 Å². The summed E-state index contributed by atoms with van der Waals surface area (Å²) in [4.78, 5) is 15.5. The van der Waals surface area contributed by atoms with Crippen molar-refractivity contribution in [3.05, 3.63) is 70.8 Å². The Morgan fingerprint density at radius 2 is 2.05 bits per heavy atom. The summed E-state index contributed by atoms with van der Waals surface area (Å²) in [5.41, 5.74) is 1.14. The maximum absolute atomic E-state index is 13.5. The molecule has 0 aliphatic rings. The number of hydrogen-bond donors (Lipinski definition) is 1. The summed E-state index contributed by atoms with van der Waals surface area (Å²) in [7, 11) is 0. The Balaban J connectivity index is 1.96. The molecular weight excluding hydrogens is 279 g/mol. The van der Waals surface area contributed by atoms with Crippen molar-refractivity contribution >= 4 is 23.6 Å². The second-order valence-electron chi connectivity index (χ2n) is 4.04. The van der Waals surface area contributed by atoms with Crippen LogP contribution in [0.5, 0.6) is 0 Å². The van der Waals surface area contributed by atoms with Gasteiger partial charge in [0.1, 0.15) is 5.82 Å². The Hall–Kier alpha value is -2.20. The zero-order valence-corrected chi connectivity index (χ0v) is 11.3. The molecule has 0 radical (unpaired) electrons. The largest absolute Gasteiger partial charge is 0.348 e. The van der Waals surface area contributed by atoms with Crippen LogP contribution in [0.3, 0.4) is 0 Å². The molecule has 0 fully saturated rings. The van der Waals surface area contributed by atoms with Crippen molar-refractivity contribution < 1.29 is 9.18 Å². The number of benzene rings is 1. The molecule has 2 aromatic rings. The number of nitrogens with one attached hydrogen (secondary N) is 1. The van der Waals surface area contributed by atoms with Gasteiger partial charge in [-0.3, -0.25) is 9.78 Å². The zero-order valence-electron chi connectivity index (χ0n) is 10.5. The predicted molar refractivity (Wildman–Crippen MR) is 76.5 cm³/mol. The molecule has 1 heterocycles. The molecule has 1 aromatic heterocycles. The van der Waals surface area contributed by atoms with Crippen LogP contribution in [0.2, 0.25) is 5.02 Å². The molecule has 1 amide bonds. The third-order valence-corrected chi connectivity index (χ3v) is 2.95. The second kappa shape index (κ2) is 6.82.